The van der Waals surface area contributed by atoms with Crippen LogP contribution in [-0.2, 0) is 14.8 Å². The number of carbonyl (C=O) groups is 1. The van der Waals surface area contributed by atoms with E-state index in [1.807, 2.05) is 18.2 Å². The second-order valence-corrected chi connectivity index (χ2v) is 9.45. The fourth-order valence-electron chi connectivity index (χ4n) is 3.35. The number of hydrogen-bond donors (Lipinski definition) is 1. The fourth-order valence-corrected chi connectivity index (χ4v) is 4.28. The van der Waals surface area contributed by atoms with Gasteiger partial charge in [-0.2, -0.15) is 0 Å². The number of nitrogens with zero attached hydrogens (tertiary/aromatic N) is 3. The molecule has 162 valence electrons. The topological polar surface area (TPSA) is 82.2 Å². The van der Waals surface area contributed by atoms with Gasteiger partial charge in [-0.05, 0) is 30.3 Å². The first-order chi connectivity index (χ1) is 14.3. The molecule has 8 nitrogen and oxygen atoms in total. The zero-order valence-electron chi connectivity index (χ0n) is 17.5. The molecule has 1 amide bonds. The molecule has 30 heavy (non-hydrogen) atoms. The Morgan fingerprint density at radius 3 is 2.33 bits per heavy atom. The van der Waals surface area contributed by atoms with Crippen LogP contribution >= 0.6 is 0 Å². The van der Waals surface area contributed by atoms with E-state index in [1.54, 1.807) is 6.07 Å². The molecule has 1 fully saturated rings. The number of carbonyl (C=O) groups excluding carboxylic acids is 1. The Hall–Kier alpha value is -2.62. The van der Waals surface area contributed by atoms with E-state index in [2.05, 4.69) is 27.2 Å². The van der Waals surface area contributed by atoms with Gasteiger partial charge in [0.15, 0.2) is 0 Å². The molecule has 9 heteroatoms. The molecular weight excluding hydrogens is 404 g/mol. The molecule has 3 rings (SSSR count). The molecule has 0 spiro atoms. The summed E-state index contributed by atoms with van der Waals surface area (Å²) in [4.78, 5) is 17.1. The maximum absolute atomic E-state index is 12.6. The SMILES string of the molecule is COc1ccc(S(=O)(=O)N(C)C)cc1NC(=O)CN1CCN(c2ccccc2)CC1. The van der Waals surface area contributed by atoms with E-state index in [4.69, 9.17) is 4.74 Å². The summed E-state index contributed by atoms with van der Waals surface area (Å²) >= 11 is 0. The van der Waals surface area contributed by atoms with E-state index in [-0.39, 0.29) is 17.3 Å². The molecule has 0 aromatic heterocycles. The lowest BCUT2D eigenvalue weighted by Crippen LogP contribution is -2.48. The van der Waals surface area contributed by atoms with Gasteiger partial charge in [-0.15, -0.1) is 0 Å². The molecule has 0 radical (unpaired) electrons. The molecule has 1 saturated heterocycles. The molecule has 1 aliphatic heterocycles. The van der Waals surface area contributed by atoms with Crippen molar-refractivity contribution in [1.29, 1.82) is 0 Å². The Kier molecular flexibility index (Phi) is 6.96. The van der Waals surface area contributed by atoms with Gasteiger partial charge < -0.3 is 15.0 Å². The fraction of sp³-hybridized carbons (Fsp3) is 0.381. The van der Waals surface area contributed by atoms with E-state index >= 15 is 0 Å². The lowest BCUT2D eigenvalue weighted by Gasteiger charge is -2.35. The van der Waals surface area contributed by atoms with Crippen molar-refractivity contribution in [2.45, 2.75) is 4.90 Å². The Morgan fingerprint density at radius 2 is 1.73 bits per heavy atom. The summed E-state index contributed by atoms with van der Waals surface area (Å²) in [6.07, 6.45) is 0. The third-order valence-electron chi connectivity index (χ3n) is 5.08. The summed E-state index contributed by atoms with van der Waals surface area (Å²) in [6, 6.07) is 14.7. The van der Waals surface area contributed by atoms with Gasteiger partial charge in [0, 0.05) is 46.0 Å². The van der Waals surface area contributed by atoms with Crippen molar-refractivity contribution >= 4 is 27.3 Å². The predicted octanol–water partition coefficient (Wildman–Crippen LogP) is 1.71. The van der Waals surface area contributed by atoms with Gasteiger partial charge in [0.2, 0.25) is 15.9 Å². The van der Waals surface area contributed by atoms with Gasteiger partial charge in [0.1, 0.15) is 5.75 Å². The Balaban J connectivity index is 1.62. The molecule has 0 saturated carbocycles. The maximum atomic E-state index is 12.6. The van der Waals surface area contributed by atoms with Crippen LogP contribution in [0.2, 0.25) is 0 Å². The summed E-state index contributed by atoms with van der Waals surface area (Å²) < 4.78 is 31.2. The highest BCUT2D eigenvalue weighted by Crippen LogP contribution is 2.28. The molecule has 1 aliphatic rings. The Bertz CT molecular complexity index is 972. The highest BCUT2D eigenvalue weighted by molar-refractivity contribution is 7.89. The van der Waals surface area contributed by atoms with Crippen molar-refractivity contribution < 1.29 is 17.9 Å². The Labute approximate surface area is 178 Å². The summed E-state index contributed by atoms with van der Waals surface area (Å²) in [5, 5.41) is 2.80. The van der Waals surface area contributed by atoms with Crippen LogP contribution in [0.15, 0.2) is 53.4 Å². The molecular formula is C21H28N4O4S. The number of ether oxygens (including phenoxy) is 1. The van der Waals surface area contributed by atoms with Crippen LogP contribution in [0, 0.1) is 0 Å². The number of benzene rings is 2. The molecule has 1 heterocycles. The van der Waals surface area contributed by atoms with Gasteiger partial charge in [-0.1, -0.05) is 18.2 Å². The second-order valence-electron chi connectivity index (χ2n) is 7.30. The minimum absolute atomic E-state index is 0.0973. The molecule has 0 aliphatic carbocycles. The first-order valence-corrected chi connectivity index (χ1v) is 11.2. The van der Waals surface area contributed by atoms with Crippen LogP contribution in [0.4, 0.5) is 11.4 Å². The molecule has 2 aromatic carbocycles. The number of piperazine rings is 1. The minimum atomic E-state index is -3.61. The van der Waals surface area contributed by atoms with E-state index in [0.29, 0.717) is 11.4 Å². The van der Waals surface area contributed by atoms with Crippen LogP contribution in [-0.4, -0.2) is 77.5 Å². The average Bonchev–Trinajstić information content (AvgIpc) is 2.74. The van der Waals surface area contributed by atoms with Crippen molar-refractivity contribution in [3.05, 3.63) is 48.5 Å². The van der Waals surface area contributed by atoms with E-state index in [1.165, 1.54) is 39.0 Å². The number of amides is 1. The third kappa shape index (κ3) is 5.10. The highest BCUT2D eigenvalue weighted by atomic mass is 32.2. The average molecular weight is 433 g/mol. The normalized spacial score (nSPS) is 15.3. The zero-order chi connectivity index (χ0) is 21.7. The number of nitrogens with one attached hydrogen (secondary N) is 1. The Morgan fingerprint density at radius 1 is 1.07 bits per heavy atom. The zero-order valence-corrected chi connectivity index (χ0v) is 18.4. The first-order valence-electron chi connectivity index (χ1n) is 9.74. The van der Waals surface area contributed by atoms with Gasteiger partial charge in [-0.25, -0.2) is 12.7 Å². The van der Waals surface area contributed by atoms with Crippen molar-refractivity contribution in [3.8, 4) is 5.75 Å². The van der Waals surface area contributed by atoms with Crippen LogP contribution < -0.4 is 15.0 Å². The highest BCUT2D eigenvalue weighted by Gasteiger charge is 2.22. The minimum Gasteiger partial charge on any atom is -0.495 e. The van der Waals surface area contributed by atoms with E-state index < -0.39 is 10.0 Å². The number of para-hydroxylation sites is 1. The molecule has 1 N–H and O–H groups in total. The monoisotopic (exact) mass is 432 g/mol. The first kappa shape index (κ1) is 22.1. The van der Waals surface area contributed by atoms with Gasteiger partial charge in [0.25, 0.3) is 0 Å². The molecule has 0 bridgehead atoms. The van der Waals surface area contributed by atoms with Crippen LogP contribution in [0.1, 0.15) is 0 Å². The second kappa shape index (κ2) is 9.46. The van der Waals surface area contributed by atoms with Crippen LogP contribution in [0.3, 0.4) is 0 Å². The lowest BCUT2D eigenvalue weighted by molar-refractivity contribution is -0.117. The molecule has 0 unspecified atom stereocenters. The standard InChI is InChI=1S/C21H28N4O4S/c1-23(2)30(27,28)18-9-10-20(29-3)19(15-18)22-21(26)16-24-11-13-25(14-12-24)17-7-5-4-6-8-17/h4-10,15H,11-14,16H2,1-3H3,(H,22,26). The van der Waals surface area contributed by atoms with Crippen molar-refractivity contribution in [2.75, 3.05) is 64.1 Å². The number of sulfonamides is 1. The van der Waals surface area contributed by atoms with Gasteiger partial charge >= 0.3 is 0 Å². The smallest absolute Gasteiger partial charge is 0.242 e. The summed E-state index contributed by atoms with van der Waals surface area (Å²) in [5.41, 5.74) is 1.53. The number of rotatable bonds is 7. The van der Waals surface area contributed by atoms with E-state index in [9.17, 15) is 13.2 Å². The van der Waals surface area contributed by atoms with Gasteiger partial charge in [0.05, 0.1) is 24.2 Å². The van der Waals surface area contributed by atoms with Crippen LogP contribution in [0.25, 0.3) is 0 Å². The largest absolute Gasteiger partial charge is 0.495 e. The number of hydrogen-bond acceptors (Lipinski definition) is 6. The summed E-state index contributed by atoms with van der Waals surface area (Å²) in [5.74, 6) is 0.204. The quantitative estimate of drug-likeness (QED) is 0.717. The van der Waals surface area contributed by atoms with Crippen LogP contribution in [0.5, 0.6) is 5.75 Å². The lowest BCUT2D eigenvalue weighted by atomic mass is 10.2. The maximum Gasteiger partial charge on any atom is 0.242 e. The summed E-state index contributed by atoms with van der Waals surface area (Å²) in [7, 11) is 0.801. The van der Waals surface area contributed by atoms with Gasteiger partial charge in [-0.3, -0.25) is 9.69 Å². The number of anilines is 2. The molecule has 0 atom stereocenters. The van der Waals surface area contributed by atoms with Crippen molar-refractivity contribution in [3.63, 3.8) is 0 Å². The predicted molar refractivity (Wildman–Crippen MR) is 118 cm³/mol. The van der Waals surface area contributed by atoms with Crippen molar-refractivity contribution in [2.24, 2.45) is 0 Å². The number of methoxy groups -OCH3 is 1. The van der Waals surface area contributed by atoms with E-state index in [0.717, 1.165) is 30.5 Å². The summed E-state index contributed by atoms with van der Waals surface area (Å²) in [6.45, 7) is 3.47. The third-order valence-corrected chi connectivity index (χ3v) is 6.90. The molecule has 2 aromatic rings. The van der Waals surface area contributed by atoms with Crippen molar-refractivity contribution in [1.82, 2.24) is 9.21 Å².